The first-order valence-electron chi connectivity index (χ1n) is 7.26. The Balaban J connectivity index is 1.81. The fourth-order valence-electron chi connectivity index (χ4n) is 2.54. The molecule has 1 heterocycles. The Kier molecular flexibility index (Phi) is 5.33. The van der Waals surface area contributed by atoms with Crippen molar-refractivity contribution in [3.63, 3.8) is 0 Å². The van der Waals surface area contributed by atoms with Gasteiger partial charge in [0.15, 0.2) is 6.10 Å². The van der Waals surface area contributed by atoms with E-state index in [0.29, 0.717) is 13.0 Å². The summed E-state index contributed by atoms with van der Waals surface area (Å²) in [4.78, 5) is 24.8. The molecule has 1 saturated heterocycles. The molecule has 21 heavy (non-hydrogen) atoms. The van der Waals surface area contributed by atoms with Gasteiger partial charge in [0.05, 0.1) is 12.6 Å². The number of morpholine rings is 1. The summed E-state index contributed by atoms with van der Waals surface area (Å²) in [6, 6.07) is 10.0. The van der Waals surface area contributed by atoms with E-state index >= 15 is 0 Å². The van der Waals surface area contributed by atoms with Gasteiger partial charge in [-0.15, -0.1) is 0 Å². The van der Waals surface area contributed by atoms with E-state index in [1.807, 2.05) is 30.3 Å². The van der Waals surface area contributed by atoms with E-state index in [1.54, 1.807) is 11.8 Å². The average Bonchev–Trinajstić information content (AvgIpc) is 2.47. The zero-order chi connectivity index (χ0) is 15.2. The Morgan fingerprint density at radius 2 is 2.00 bits per heavy atom. The summed E-state index contributed by atoms with van der Waals surface area (Å²) in [5.74, 6) is -1.00. The summed E-state index contributed by atoms with van der Waals surface area (Å²) in [5, 5.41) is 9.02. The molecule has 1 N–H and O–H groups in total. The van der Waals surface area contributed by atoms with Gasteiger partial charge < -0.3 is 14.7 Å². The average molecular weight is 291 g/mol. The van der Waals surface area contributed by atoms with E-state index in [1.165, 1.54) is 5.56 Å². The van der Waals surface area contributed by atoms with Crippen LogP contribution in [0.25, 0.3) is 0 Å². The highest BCUT2D eigenvalue weighted by molar-refractivity contribution is 5.78. The lowest BCUT2D eigenvalue weighted by Gasteiger charge is -2.35. The highest BCUT2D eigenvalue weighted by Crippen LogP contribution is 2.14. The molecule has 1 unspecified atom stereocenters. The van der Waals surface area contributed by atoms with Crippen molar-refractivity contribution in [3.8, 4) is 0 Å². The van der Waals surface area contributed by atoms with Gasteiger partial charge in [-0.2, -0.15) is 0 Å². The maximum absolute atomic E-state index is 12.2. The molecule has 1 fully saturated rings. The predicted octanol–water partition coefficient (Wildman–Crippen LogP) is 1.71. The van der Waals surface area contributed by atoms with Crippen molar-refractivity contribution in [3.05, 3.63) is 35.9 Å². The lowest BCUT2D eigenvalue weighted by molar-refractivity contribution is -0.166. The van der Waals surface area contributed by atoms with Crippen LogP contribution in [-0.4, -0.2) is 47.2 Å². The maximum Gasteiger partial charge on any atom is 0.334 e. The Bertz CT molecular complexity index is 488. The van der Waals surface area contributed by atoms with Crippen LogP contribution in [0.3, 0.4) is 0 Å². The van der Waals surface area contributed by atoms with Gasteiger partial charge in [-0.3, -0.25) is 4.79 Å². The predicted molar refractivity (Wildman–Crippen MR) is 77.9 cm³/mol. The standard InChI is InChI=1S/C16H21NO4/c1-12-10-17(11-14(21-12)16(19)20)15(18)9-5-8-13-6-3-2-4-7-13/h2-4,6-7,12,14H,5,8-11H2,1H3,(H,19,20)/t12-,14?/m1/s1. The summed E-state index contributed by atoms with van der Waals surface area (Å²) in [5.41, 5.74) is 1.21. The molecule has 5 heteroatoms. The minimum Gasteiger partial charge on any atom is -0.479 e. The maximum atomic E-state index is 12.2. The van der Waals surface area contributed by atoms with Crippen molar-refractivity contribution in [2.45, 2.75) is 38.4 Å². The first-order valence-corrected chi connectivity index (χ1v) is 7.26. The van der Waals surface area contributed by atoms with Crippen molar-refractivity contribution in [1.82, 2.24) is 4.90 Å². The molecule has 0 saturated carbocycles. The van der Waals surface area contributed by atoms with Crippen molar-refractivity contribution in [1.29, 1.82) is 0 Å². The molecule has 2 atom stereocenters. The van der Waals surface area contributed by atoms with E-state index in [-0.39, 0.29) is 18.6 Å². The van der Waals surface area contributed by atoms with Crippen molar-refractivity contribution in [2.75, 3.05) is 13.1 Å². The fourth-order valence-corrected chi connectivity index (χ4v) is 2.54. The van der Waals surface area contributed by atoms with E-state index in [4.69, 9.17) is 9.84 Å². The molecule has 1 aliphatic heterocycles. The molecule has 5 nitrogen and oxygen atoms in total. The molecule has 114 valence electrons. The number of carbonyl (C=O) groups excluding carboxylic acids is 1. The highest BCUT2D eigenvalue weighted by atomic mass is 16.5. The molecular weight excluding hydrogens is 270 g/mol. The van der Waals surface area contributed by atoms with Crippen LogP contribution in [0.1, 0.15) is 25.3 Å². The topological polar surface area (TPSA) is 66.8 Å². The molecule has 0 spiro atoms. The molecule has 2 rings (SSSR count). The number of carboxylic acids is 1. The Morgan fingerprint density at radius 3 is 2.67 bits per heavy atom. The summed E-state index contributed by atoms with van der Waals surface area (Å²) < 4.78 is 5.31. The van der Waals surface area contributed by atoms with Gasteiger partial charge in [-0.25, -0.2) is 4.79 Å². The number of hydrogen-bond acceptors (Lipinski definition) is 3. The quantitative estimate of drug-likeness (QED) is 0.897. The summed E-state index contributed by atoms with van der Waals surface area (Å²) in [6.07, 6.45) is 0.916. The van der Waals surface area contributed by atoms with Crippen LogP contribution in [0.5, 0.6) is 0 Å². The summed E-state index contributed by atoms with van der Waals surface area (Å²) in [7, 11) is 0. The number of aliphatic carboxylic acids is 1. The summed E-state index contributed by atoms with van der Waals surface area (Å²) >= 11 is 0. The highest BCUT2D eigenvalue weighted by Gasteiger charge is 2.32. The largest absolute Gasteiger partial charge is 0.479 e. The van der Waals surface area contributed by atoms with Gasteiger partial charge in [-0.1, -0.05) is 30.3 Å². The molecule has 0 aliphatic carbocycles. The molecule has 1 amide bonds. The first kappa shape index (κ1) is 15.5. The molecule has 1 aliphatic rings. The molecule has 0 bridgehead atoms. The molecule has 1 aromatic rings. The Morgan fingerprint density at radius 1 is 1.29 bits per heavy atom. The van der Waals surface area contributed by atoms with Gasteiger partial charge in [0.2, 0.25) is 5.91 Å². The third-order valence-corrected chi connectivity index (χ3v) is 3.59. The van der Waals surface area contributed by atoms with E-state index in [9.17, 15) is 9.59 Å². The van der Waals surface area contributed by atoms with Crippen LogP contribution < -0.4 is 0 Å². The molecule has 0 radical (unpaired) electrons. The number of rotatable bonds is 5. The second kappa shape index (κ2) is 7.22. The fraction of sp³-hybridized carbons (Fsp3) is 0.500. The zero-order valence-corrected chi connectivity index (χ0v) is 12.2. The monoisotopic (exact) mass is 291 g/mol. The first-order chi connectivity index (χ1) is 10.1. The van der Waals surface area contributed by atoms with Gasteiger partial charge in [0.25, 0.3) is 0 Å². The van der Waals surface area contributed by atoms with E-state index in [0.717, 1.165) is 12.8 Å². The van der Waals surface area contributed by atoms with Gasteiger partial charge >= 0.3 is 5.97 Å². The van der Waals surface area contributed by atoms with Crippen molar-refractivity contribution in [2.24, 2.45) is 0 Å². The SMILES string of the molecule is C[C@@H]1CN(C(=O)CCCc2ccccc2)CC(C(=O)O)O1. The zero-order valence-electron chi connectivity index (χ0n) is 12.2. The van der Waals surface area contributed by atoms with Crippen LogP contribution in [0.2, 0.25) is 0 Å². The molecule has 0 aromatic heterocycles. The van der Waals surface area contributed by atoms with Gasteiger partial charge in [0, 0.05) is 13.0 Å². The number of carboxylic acid groups (broad SMARTS) is 1. The van der Waals surface area contributed by atoms with E-state index < -0.39 is 12.1 Å². The second-order valence-electron chi connectivity index (χ2n) is 5.41. The minimum atomic E-state index is -1.01. The Labute approximate surface area is 124 Å². The lowest BCUT2D eigenvalue weighted by Crippen LogP contribution is -2.51. The van der Waals surface area contributed by atoms with Gasteiger partial charge in [0.1, 0.15) is 0 Å². The Hall–Kier alpha value is -1.88. The van der Waals surface area contributed by atoms with Crippen molar-refractivity contribution >= 4 is 11.9 Å². The molecule has 1 aromatic carbocycles. The lowest BCUT2D eigenvalue weighted by atomic mass is 10.1. The summed E-state index contributed by atoms with van der Waals surface area (Å²) in [6.45, 7) is 2.40. The minimum absolute atomic E-state index is 0.00679. The number of benzene rings is 1. The van der Waals surface area contributed by atoms with Crippen LogP contribution in [-0.2, 0) is 20.7 Å². The van der Waals surface area contributed by atoms with Crippen LogP contribution in [0.4, 0.5) is 0 Å². The van der Waals surface area contributed by atoms with Crippen LogP contribution >= 0.6 is 0 Å². The van der Waals surface area contributed by atoms with Crippen LogP contribution in [0.15, 0.2) is 30.3 Å². The number of amides is 1. The van der Waals surface area contributed by atoms with Crippen molar-refractivity contribution < 1.29 is 19.4 Å². The van der Waals surface area contributed by atoms with Crippen LogP contribution in [0, 0.1) is 0 Å². The third-order valence-electron chi connectivity index (χ3n) is 3.59. The normalized spacial score (nSPS) is 22.0. The van der Waals surface area contributed by atoms with E-state index in [2.05, 4.69) is 0 Å². The third kappa shape index (κ3) is 4.56. The number of nitrogens with zero attached hydrogens (tertiary/aromatic N) is 1. The number of aryl methyl sites for hydroxylation is 1. The smallest absolute Gasteiger partial charge is 0.334 e. The molecular formula is C16H21NO4. The number of ether oxygens (including phenoxy) is 1. The van der Waals surface area contributed by atoms with Gasteiger partial charge in [-0.05, 0) is 25.3 Å². The number of hydrogen-bond donors (Lipinski definition) is 1. The second-order valence-corrected chi connectivity index (χ2v) is 5.41. The number of carbonyl (C=O) groups is 2.